The topological polar surface area (TPSA) is 93.0 Å². The highest BCUT2D eigenvalue weighted by atomic mass is 16.5. The fraction of sp³-hybridized carbons (Fsp3) is 0.312. The summed E-state index contributed by atoms with van der Waals surface area (Å²) in [6.45, 7) is -0.0910. The zero-order valence-electron chi connectivity index (χ0n) is 12.5. The lowest BCUT2D eigenvalue weighted by molar-refractivity contribution is -0.118. The molecular weight excluding hydrogens is 296 g/mol. The molecule has 4 rings (SSSR count). The van der Waals surface area contributed by atoms with Gasteiger partial charge in [0.2, 0.25) is 5.95 Å². The predicted octanol–water partition coefficient (Wildman–Crippen LogP) is 2.45. The van der Waals surface area contributed by atoms with E-state index in [9.17, 15) is 4.79 Å². The Labute approximate surface area is 132 Å². The lowest BCUT2D eigenvalue weighted by Crippen LogP contribution is -2.20. The Bertz CT molecular complexity index is 839. The number of H-pyrrole nitrogens is 1. The van der Waals surface area contributed by atoms with Gasteiger partial charge in [0.1, 0.15) is 23.4 Å². The molecule has 0 aliphatic heterocycles. The summed E-state index contributed by atoms with van der Waals surface area (Å²) in [6.07, 6.45) is 5.73. The third-order valence-corrected chi connectivity index (χ3v) is 3.97. The van der Waals surface area contributed by atoms with Crippen LogP contribution in [0.25, 0.3) is 11.0 Å². The molecule has 0 spiro atoms. The fourth-order valence-electron chi connectivity index (χ4n) is 2.91. The minimum absolute atomic E-state index is 0.0910. The number of hydrogen-bond acceptors (Lipinski definition) is 5. The number of nitrogens with one attached hydrogen (secondary N) is 2. The van der Waals surface area contributed by atoms with Gasteiger partial charge in [-0.2, -0.15) is 10.1 Å². The number of ether oxygens (including phenoxy) is 1. The van der Waals surface area contributed by atoms with Crippen LogP contribution in [-0.2, 0) is 17.6 Å². The number of carbonyl (C=O) groups excluding carboxylic acids is 1. The second kappa shape index (κ2) is 5.75. The number of aromatic nitrogens is 3. The number of anilines is 1. The van der Waals surface area contributed by atoms with Crippen molar-refractivity contribution in [3.05, 3.63) is 35.9 Å². The summed E-state index contributed by atoms with van der Waals surface area (Å²) in [6, 6.07) is 5.67. The maximum atomic E-state index is 11.8. The van der Waals surface area contributed by atoms with Crippen molar-refractivity contribution in [1.82, 2.24) is 15.2 Å². The molecule has 23 heavy (non-hydrogen) atoms. The molecule has 0 saturated carbocycles. The van der Waals surface area contributed by atoms with Crippen molar-refractivity contribution in [2.45, 2.75) is 25.7 Å². The Morgan fingerprint density at radius 2 is 2.26 bits per heavy atom. The van der Waals surface area contributed by atoms with E-state index >= 15 is 0 Å². The SMILES string of the molecule is O=C(COc1ccc2oc3c(c2c1)CCCC3)Nc1ncn[nH]1. The number of furan rings is 1. The van der Waals surface area contributed by atoms with E-state index in [0.29, 0.717) is 11.7 Å². The van der Waals surface area contributed by atoms with Crippen LogP contribution in [-0.4, -0.2) is 27.7 Å². The third kappa shape index (κ3) is 2.77. The molecule has 0 unspecified atom stereocenters. The summed E-state index contributed by atoms with van der Waals surface area (Å²) in [5, 5.41) is 9.87. The highest BCUT2D eigenvalue weighted by Crippen LogP contribution is 2.33. The second-order valence-corrected chi connectivity index (χ2v) is 5.54. The van der Waals surface area contributed by atoms with E-state index in [1.165, 1.54) is 24.7 Å². The van der Waals surface area contributed by atoms with Crippen molar-refractivity contribution in [2.75, 3.05) is 11.9 Å². The van der Waals surface area contributed by atoms with E-state index in [1.807, 2.05) is 18.2 Å². The summed E-state index contributed by atoms with van der Waals surface area (Å²) >= 11 is 0. The molecule has 2 aromatic heterocycles. The lowest BCUT2D eigenvalue weighted by Gasteiger charge is -2.09. The lowest BCUT2D eigenvalue weighted by atomic mass is 9.96. The van der Waals surface area contributed by atoms with Gasteiger partial charge in [-0.1, -0.05) is 0 Å². The van der Waals surface area contributed by atoms with Crippen molar-refractivity contribution in [3.8, 4) is 5.75 Å². The third-order valence-electron chi connectivity index (χ3n) is 3.97. The summed E-state index contributed by atoms with van der Waals surface area (Å²) in [7, 11) is 0. The van der Waals surface area contributed by atoms with Crippen LogP contribution in [0, 0.1) is 0 Å². The molecule has 118 valence electrons. The first-order chi connectivity index (χ1) is 11.3. The Balaban J connectivity index is 1.47. The van der Waals surface area contributed by atoms with Gasteiger partial charge in [0.05, 0.1) is 0 Å². The van der Waals surface area contributed by atoms with Gasteiger partial charge in [0.25, 0.3) is 5.91 Å². The van der Waals surface area contributed by atoms with Gasteiger partial charge < -0.3 is 9.15 Å². The van der Waals surface area contributed by atoms with Crippen LogP contribution in [0.4, 0.5) is 5.95 Å². The molecular formula is C16H16N4O3. The molecule has 0 saturated heterocycles. The highest BCUT2D eigenvalue weighted by molar-refractivity contribution is 5.90. The van der Waals surface area contributed by atoms with E-state index < -0.39 is 0 Å². The van der Waals surface area contributed by atoms with E-state index in [-0.39, 0.29) is 12.5 Å². The number of nitrogens with zero attached hydrogens (tertiary/aromatic N) is 2. The molecule has 2 heterocycles. The molecule has 0 atom stereocenters. The molecule has 1 aliphatic carbocycles. The maximum Gasteiger partial charge on any atom is 0.264 e. The summed E-state index contributed by atoms with van der Waals surface area (Å²) in [5.74, 6) is 1.75. The predicted molar refractivity (Wildman–Crippen MR) is 83.4 cm³/mol. The zero-order valence-corrected chi connectivity index (χ0v) is 12.5. The highest BCUT2D eigenvalue weighted by Gasteiger charge is 2.18. The van der Waals surface area contributed by atoms with Crippen molar-refractivity contribution in [3.63, 3.8) is 0 Å². The van der Waals surface area contributed by atoms with Crippen molar-refractivity contribution < 1.29 is 13.9 Å². The average molecular weight is 312 g/mol. The molecule has 1 aromatic carbocycles. The first-order valence-corrected chi connectivity index (χ1v) is 7.62. The number of amides is 1. The molecule has 2 N–H and O–H groups in total. The molecule has 7 nitrogen and oxygen atoms in total. The molecule has 1 aliphatic rings. The molecule has 0 bridgehead atoms. The van der Waals surface area contributed by atoms with Gasteiger partial charge >= 0.3 is 0 Å². The largest absolute Gasteiger partial charge is 0.484 e. The second-order valence-electron chi connectivity index (χ2n) is 5.54. The van der Waals surface area contributed by atoms with Crippen molar-refractivity contribution >= 4 is 22.8 Å². The van der Waals surface area contributed by atoms with Gasteiger partial charge in [0, 0.05) is 17.4 Å². The standard InChI is InChI=1S/C16H16N4O3/c21-15(19-16-17-9-18-20-16)8-22-10-5-6-14-12(7-10)11-3-1-2-4-13(11)23-14/h5-7,9H,1-4,8H2,(H2,17,18,19,20,21). The monoisotopic (exact) mass is 312 g/mol. The Morgan fingerprint density at radius 3 is 3.13 bits per heavy atom. The molecule has 0 radical (unpaired) electrons. The van der Waals surface area contributed by atoms with Crippen LogP contribution in [0.3, 0.4) is 0 Å². The quantitative estimate of drug-likeness (QED) is 0.772. The van der Waals surface area contributed by atoms with Gasteiger partial charge in [-0.05, 0) is 37.5 Å². The van der Waals surface area contributed by atoms with Crippen LogP contribution in [0.15, 0.2) is 28.9 Å². The van der Waals surface area contributed by atoms with Crippen molar-refractivity contribution in [2.24, 2.45) is 0 Å². The average Bonchev–Trinajstić information content (AvgIpc) is 3.20. The van der Waals surface area contributed by atoms with E-state index in [0.717, 1.165) is 29.6 Å². The number of aryl methyl sites for hydroxylation is 2. The van der Waals surface area contributed by atoms with Crippen LogP contribution < -0.4 is 10.1 Å². The zero-order chi connectivity index (χ0) is 15.6. The molecule has 0 fully saturated rings. The van der Waals surface area contributed by atoms with Gasteiger partial charge in [-0.15, -0.1) is 0 Å². The number of hydrogen-bond donors (Lipinski definition) is 2. The summed E-state index contributed by atoms with van der Waals surface area (Å²) in [4.78, 5) is 15.6. The van der Waals surface area contributed by atoms with E-state index in [1.54, 1.807) is 0 Å². The van der Waals surface area contributed by atoms with Gasteiger partial charge in [-0.25, -0.2) is 5.10 Å². The van der Waals surface area contributed by atoms with Crippen LogP contribution in [0.2, 0.25) is 0 Å². The number of fused-ring (bicyclic) bond motifs is 3. The van der Waals surface area contributed by atoms with Crippen LogP contribution >= 0.6 is 0 Å². The molecule has 3 aromatic rings. The Hall–Kier alpha value is -2.83. The minimum Gasteiger partial charge on any atom is -0.484 e. The van der Waals surface area contributed by atoms with E-state index in [2.05, 4.69) is 20.5 Å². The smallest absolute Gasteiger partial charge is 0.264 e. The summed E-state index contributed by atoms with van der Waals surface area (Å²) < 4.78 is 11.5. The minimum atomic E-state index is -0.295. The Kier molecular flexibility index (Phi) is 3.45. The van der Waals surface area contributed by atoms with Crippen molar-refractivity contribution in [1.29, 1.82) is 0 Å². The Morgan fingerprint density at radius 1 is 1.35 bits per heavy atom. The summed E-state index contributed by atoms with van der Waals surface area (Å²) in [5.41, 5.74) is 2.16. The van der Waals surface area contributed by atoms with Crippen LogP contribution in [0.5, 0.6) is 5.75 Å². The first kappa shape index (κ1) is 13.8. The molecule has 1 amide bonds. The maximum absolute atomic E-state index is 11.8. The normalized spacial score (nSPS) is 13.7. The number of benzene rings is 1. The van der Waals surface area contributed by atoms with Gasteiger partial charge in [0.15, 0.2) is 6.61 Å². The molecule has 7 heteroatoms. The number of rotatable bonds is 4. The van der Waals surface area contributed by atoms with E-state index in [4.69, 9.17) is 9.15 Å². The fourth-order valence-corrected chi connectivity index (χ4v) is 2.91. The number of aromatic amines is 1. The number of carbonyl (C=O) groups is 1. The first-order valence-electron chi connectivity index (χ1n) is 7.62. The van der Waals surface area contributed by atoms with Crippen LogP contribution in [0.1, 0.15) is 24.2 Å². The van der Waals surface area contributed by atoms with Gasteiger partial charge in [-0.3, -0.25) is 10.1 Å².